The maximum absolute atomic E-state index is 11.8. The van der Waals surface area contributed by atoms with E-state index in [4.69, 9.17) is 5.11 Å². The Bertz CT molecular complexity index is 679. The molecule has 5 nitrogen and oxygen atoms in total. The highest BCUT2D eigenvalue weighted by Gasteiger charge is 2.08. The fourth-order valence-electron chi connectivity index (χ4n) is 1.84. The minimum absolute atomic E-state index is 0.397. The minimum atomic E-state index is -1.15. The summed E-state index contributed by atoms with van der Waals surface area (Å²) < 4.78 is 0. The molecule has 0 aliphatic heterocycles. The molecule has 0 aliphatic rings. The first kappa shape index (κ1) is 15.3. The summed E-state index contributed by atoms with van der Waals surface area (Å²) in [5.74, 6) is -1.55. The topological polar surface area (TPSA) is 69.6 Å². The lowest BCUT2D eigenvalue weighted by atomic mass is 10.2. The van der Waals surface area contributed by atoms with Gasteiger partial charge in [0.1, 0.15) is 0 Å². The van der Waals surface area contributed by atoms with E-state index in [1.165, 1.54) is 4.90 Å². The van der Waals surface area contributed by atoms with Crippen LogP contribution in [-0.2, 0) is 9.59 Å². The molecule has 0 aliphatic carbocycles. The van der Waals surface area contributed by atoms with Crippen molar-refractivity contribution in [2.75, 3.05) is 17.3 Å². The average Bonchev–Trinajstić information content (AvgIpc) is 2.53. The highest BCUT2D eigenvalue weighted by Crippen LogP contribution is 2.20. The molecule has 2 aromatic carbocycles. The third-order valence-electron chi connectivity index (χ3n) is 3.02. The van der Waals surface area contributed by atoms with Crippen molar-refractivity contribution in [3.05, 3.63) is 66.7 Å². The van der Waals surface area contributed by atoms with Gasteiger partial charge in [0.15, 0.2) is 0 Å². The SMILES string of the molecule is CN(C(=O)/C=C/C(=O)O)c1ccc(Nc2ccccc2)cc1. The Morgan fingerprint density at radius 2 is 1.55 bits per heavy atom. The number of likely N-dealkylation sites (N-methyl/N-ethyl adjacent to an activating group) is 1. The Morgan fingerprint density at radius 3 is 2.14 bits per heavy atom. The van der Waals surface area contributed by atoms with Crippen LogP contribution in [0.1, 0.15) is 0 Å². The van der Waals surface area contributed by atoms with Crippen LogP contribution in [0.15, 0.2) is 66.7 Å². The van der Waals surface area contributed by atoms with Gasteiger partial charge in [-0.3, -0.25) is 4.79 Å². The predicted octanol–water partition coefficient (Wildman–Crippen LogP) is 3.03. The normalized spacial score (nSPS) is 10.4. The van der Waals surface area contributed by atoms with Crippen molar-refractivity contribution in [3.63, 3.8) is 0 Å². The Balaban J connectivity index is 2.05. The zero-order valence-corrected chi connectivity index (χ0v) is 12.1. The summed E-state index contributed by atoms with van der Waals surface area (Å²) in [7, 11) is 1.59. The van der Waals surface area contributed by atoms with Gasteiger partial charge in [-0.15, -0.1) is 0 Å². The number of rotatable bonds is 5. The molecule has 1 amide bonds. The first-order valence-corrected chi connectivity index (χ1v) is 6.67. The first-order chi connectivity index (χ1) is 10.6. The highest BCUT2D eigenvalue weighted by atomic mass is 16.4. The lowest BCUT2D eigenvalue weighted by molar-refractivity contribution is -0.131. The van der Waals surface area contributed by atoms with E-state index in [1.54, 1.807) is 19.2 Å². The third kappa shape index (κ3) is 4.21. The summed E-state index contributed by atoms with van der Waals surface area (Å²) in [5, 5.41) is 11.8. The van der Waals surface area contributed by atoms with Crippen LogP contribution < -0.4 is 10.2 Å². The number of hydrogen-bond donors (Lipinski definition) is 2. The molecule has 0 saturated heterocycles. The van der Waals surface area contributed by atoms with Gasteiger partial charge in [0.25, 0.3) is 5.91 Å². The molecule has 22 heavy (non-hydrogen) atoms. The van der Waals surface area contributed by atoms with E-state index in [0.29, 0.717) is 5.69 Å². The molecule has 0 radical (unpaired) electrons. The number of nitrogens with one attached hydrogen (secondary N) is 1. The van der Waals surface area contributed by atoms with Crippen molar-refractivity contribution in [1.82, 2.24) is 0 Å². The molecule has 0 aromatic heterocycles. The van der Waals surface area contributed by atoms with E-state index >= 15 is 0 Å². The first-order valence-electron chi connectivity index (χ1n) is 6.67. The van der Waals surface area contributed by atoms with Gasteiger partial charge in [-0.1, -0.05) is 18.2 Å². The van der Waals surface area contributed by atoms with Crippen LogP contribution >= 0.6 is 0 Å². The fraction of sp³-hybridized carbons (Fsp3) is 0.0588. The predicted molar refractivity (Wildman–Crippen MR) is 86.4 cm³/mol. The lowest BCUT2D eigenvalue weighted by Gasteiger charge is -2.16. The average molecular weight is 296 g/mol. The number of anilines is 3. The molecule has 0 heterocycles. The summed E-state index contributed by atoms with van der Waals surface area (Å²) >= 11 is 0. The molecular formula is C17H16N2O3. The molecule has 112 valence electrons. The van der Waals surface area contributed by atoms with Crippen LogP contribution in [0.3, 0.4) is 0 Å². The van der Waals surface area contributed by atoms with Crippen molar-refractivity contribution in [2.24, 2.45) is 0 Å². The summed E-state index contributed by atoms with van der Waals surface area (Å²) in [6, 6.07) is 17.0. The molecule has 0 saturated carbocycles. The van der Waals surface area contributed by atoms with Gasteiger partial charge in [-0.05, 0) is 36.4 Å². The number of amides is 1. The molecule has 0 fully saturated rings. The van der Waals surface area contributed by atoms with Crippen molar-refractivity contribution >= 4 is 28.9 Å². The van der Waals surface area contributed by atoms with E-state index in [9.17, 15) is 9.59 Å². The number of carboxylic acids is 1. The second-order valence-corrected chi connectivity index (χ2v) is 4.61. The van der Waals surface area contributed by atoms with Crippen LogP contribution in [0.4, 0.5) is 17.1 Å². The number of benzene rings is 2. The molecule has 2 aromatic rings. The Kier molecular flexibility index (Phi) is 4.93. The van der Waals surface area contributed by atoms with Crippen molar-refractivity contribution < 1.29 is 14.7 Å². The second-order valence-electron chi connectivity index (χ2n) is 4.61. The Labute approximate surface area is 128 Å². The number of carboxylic acid groups (broad SMARTS) is 1. The summed E-state index contributed by atoms with van der Waals surface area (Å²) in [6.07, 6.45) is 1.85. The third-order valence-corrected chi connectivity index (χ3v) is 3.02. The van der Waals surface area contributed by atoms with E-state index in [0.717, 1.165) is 23.5 Å². The van der Waals surface area contributed by atoms with Crippen LogP contribution in [0, 0.1) is 0 Å². The Morgan fingerprint density at radius 1 is 0.955 bits per heavy atom. The van der Waals surface area contributed by atoms with Crippen LogP contribution in [0.5, 0.6) is 0 Å². The maximum Gasteiger partial charge on any atom is 0.328 e. The monoisotopic (exact) mass is 296 g/mol. The standard InChI is InChI=1S/C17H16N2O3/c1-19(16(20)11-12-17(21)22)15-9-7-14(8-10-15)18-13-5-3-2-4-6-13/h2-12,18H,1H3,(H,21,22)/b12-11+. The lowest BCUT2D eigenvalue weighted by Crippen LogP contribution is -2.24. The van der Waals surface area contributed by atoms with E-state index in [2.05, 4.69) is 5.32 Å². The fourth-order valence-corrected chi connectivity index (χ4v) is 1.84. The molecule has 2 rings (SSSR count). The highest BCUT2D eigenvalue weighted by molar-refractivity contribution is 6.03. The number of carbonyl (C=O) groups is 2. The van der Waals surface area contributed by atoms with Crippen LogP contribution in [-0.4, -0.2) is 24.0 Å². The van der Waals surface area contributed by atoms with E-state index in [-0.39, 0.29) is 0 Å². The number of hydrogen-bond acceptors (Lipinski definition) is 3. The van der Waals surface area contributed by atoms with Crippen molar-refractivity contribution in [1.29, 1.82) is 0 Å². The summed E-state index contributed by atoms with van der Waals surface area (Å²) in [6.45, 7) is 0. The molecule has 0 bridgehead atoms. The maximum atomic E-state index is 11.8. The quantitative estimate of drug-likeness (QED) is 0.832. The largest absolute Gasteiger partial charge is 0.478 e. The molecule has 0 atom stereocenters. The molecule has 5 heteroatoms. The van der Waals surface area contributed by atoms with Gasteiger partial charge in [-0.2, -0.15) is 0 Å². The van der Waals surface area contributed by atoms with Gasteiger partial charge in [-0.25, -0.2) is 4.79 Å². The molecule has 2 N–H and O–H groups in total. The van der Waals surface area contributed by atoms with Gasteiger partial charge >= 0.3 is 5.97 Å². The van der Waals surface area contributed by atoms with Crippen molar-refractivity contribution in [2.45, 2.75) is 0 Å². The minimum Gasteiger partial charge on any atom is -0.478 e. The van der Waals surface area contributed by atoms with Crippen molar-refractivity contribution in [3.8, 4) is 0 Å². The number of nitrogens with zero attached hydrogens (tertiary/aromatic N) is 1. The Hall–Kier alpha value is -3.08. The van der Waals surface area contributed by atoms with Gasteiger partial charge in [0, 0.05) is 36.3 Å². The molecular weight excluding hydrogens is 280 g/mol. The number of para-hydroxylation sites is 1. The molecule has 0 spiro atoms. The zero-order chi connectivity index (χ0) is 15.9. The summed E-state index contributed by atoms with van der Waals surface area (Å²) in [5.41, 5.74) is 2.56. The molecule has 0 unspecified atom stereocenters. The zero-order valence-electron chi connectivity index (χ0n) is 12.1. The smallest absolute Gasteiger partial charge is 0.328 e. The summed E-state index contributed by atoms with van der Waals surface area (Å²) in [4.78, 5) is 23.6. The number of carbonyl (C=O) groups excluding carboxylic acids is 1. The second kappa shape index (κ2) is 7.08. The van der Waals surface area contributed by atoms with Crippen LogP contribution in [0.2, 0.25) is 0 Å². The van der Waals surface area contributed by atoms with Crippen LogP contribution in [0.25, 0.3) is 0 Å². The van der Waals surface area contributed by atoms with Gasteiger partial charge in [0.05, 0.1) is 0 Å². The van der Waals surface area contributed by atoms with Gasteiger partial charge in [0.2, 0.25) is 0 Å². The van der Waals surface area contributed by atoms with E-state index in [1.807, 2.05) is 42.5 Å². The number of aliphatic carboxylic acids is 1. The van der Waals surface area contributed by atoms with Gasteiger partial charge < -0.3 is 15.3 Å². The van der Waals surface area contributed by atoms with E-state index < -0.39 is 11.9 Å².